The van der Waals surface area contributed by atoms with Gasteiger partial charge in [-0.25, -0.2) is 8.42 Å². The van der Waals surface area contributed by atoms with Crippen LogP contribution < -0.4 is 0 Å². The highest BCUT2D eigenvalue weighted by Gasteiger charge is 2.27. The summed E-state index contributed by atoms with van der Waals surface area (Å²) in [5.74, 6) is -0.788. The van der Waals surface area contributed by atoms with E-state index in [1.54, 1.807) is 6.92 Å². The van der Waals surface area contributed by atoms with Crippen molar-refractivity contribution in [2.45, 2.75) is 18.7 Å². The predicted molar refractivity (Wildman–Crippen MR) is 83.7 cm³/mol. The second-order valence-electron chi connectivity index (χ2n) is 4.72. The van der Waals surface area contributed by atoms with Crippen LogP contribution in [0.4, 0.5) is 0 Å². The molecular weight excluding hydrogens is 322 g/mol. The molecule has 0 N–H and O–H groups in total. The van der Waals surface area contributed by atoms with Crippen molar-refractivity contribution in [2.75, 3.05) is 33.4 Å². The zero-order chi connectivity index (χ0) is 17.5. The molecule has 0 aromatic heterocycles. The highest BCUT2D eigenvalue weighted by Crippen LogP contribution is 2.17. The Labute approximate surface area is 136 Å². The third-order valence-corrected chi connectivity index (χ3v) is 4.91. The van der Waals surface area contributed by atoms with Crippen LogP contribution in [0.5, 0.6) is 0 Å². The van der Waals surface area contributed by atoms with Crippen LogP contribution in [0, 0.1) is 0 Å². The molecule has 128 valence electrons. The number of carbonyl (C=O) groups excluding carboxylic acids is 2. The van der Waals surface area contributed by atoms with Crippen molar-refractivity contribution in [1.82, 2.24) is 4.31 Å². The summed E-state index contributed by atoms with van der Waals surface area (Å²) in [6, 6.07) is 5.57. The molecule has 7 nitrogen and oxygen atoms in total. The summed E-state index contributed by atoms with van der Waals surface area (Å²) < 4.78 is 36.0. The van der Waals surface area contributed by atoms with Crippen LogP contribution in [0.1, 0.15) is 24.2 Å². The zero-order valence-corrected chi connectivity index (χ0v) is 14.3. The number of methoxy groups -OCH3 is 1. The van der Waals surface area contributed by atoms with Gasteiger partial charge in [0.25, 0.3) is 0 Å². The molecule has 0 unspecified atom stereocenters. The molecule has 1 aromatic rings. The molecule has 23 heavy (non-hydrogen) atoms. The van der Waals surface area contributed by atoms with Crippen molar-refractivity contribution in [2.24, 2.45) is 0 Å². The van der Waals surface area contributed by atoms with Crippen molar-refractivity contribution >= 4 is 21.8 Å². The normalized spacial score (nSPS) is 11.5. The van der Waals surface area contributed by atoms with E-state index < -0.39 is 22.5 Å². The van der Waals surface area contributed by atoms with Gasteiger partial charge in [0.05, 0.1) is 18.1 Å². The first-order valence-electron chi connectivity index (χ1n) is 7.08. The van der Waals surface area contributed by atoms with E-state index in [1.807, 2.05) is 0 Å². The molecule has 0 atom stereocenters. The minimum Gasteiger partial charge on any atom is -0.465 e. The van der Waals surface area contributed by atoms with Gasteiger partial charge < -0.3 is 9.47 Å². The Kier molecular flexibility index (Phi) is 7.34. The molecule has 0 aliphatic carbocycles. The zero-order valence-electron chi connectivity index (χ0n) is 13.4. The van der Waals surface area contributed by atoms with Crippen molar-refractivity contribution in [3.05, 3.63) is 29.8 Å². The Balaban J connectivity index is 3.05. The second-order valence-corrected chi connectivity index (χ2v) is 6.65. The Morgan fingerprint density at radius 3 is 2.26 bits per heavy atom. The number of rotatable bonds is 9. The minimum absolute atomic E-state index is 0.00269. The van der Waals surface area contributed by atoms with Gasteiger partial charge in [-0.3, -0.25) is 9.59 Å². The van der Waals surface area contributed by atoms with E-state index in [-0.39, 0.29) is 30.4 Å². The summed E-state index contributed by atoms with van der Waals surface area (Å²) in [6.07, 6.45) is 0. The molecule has 0 aliphatic rings. The van der Waals surface area contributed by atoms with Gasteiger partial charge in [-0.1, -0.05) is 12.1 Å². The van der Waals surface area contributed by atoms with Gasteiger partial charge in [0.15, 0.2) is 5.78 Å². The summed E-state index contributed by atoms with van der Waals surface area (Å²) >= 11 is 0. The number of sulfonamides is 1. The van der Waals surface area contributed by atoms with Crippen LogP contribution in [0.15, 0.2) is 29.2 Å². The van der Waals surface area contributed by atoms with E-state index in [9.17, 15) is 18.0 Å². The summed E-state index contributed by atoms with van der Waals surface area (Å²) in [5.41, 5.74) is 0.415. The SMILES string of the molecule is CCOC(=O)CN(CCOC)S(=O)(=O)c1ccc(C(C)=O)cc1. The number of hydrogen-bond acceptors (Lipinski definition) is 6. The minimum atomic E-state index is -3.89. The van der Waals surface area contributed by atoms with E-state index in [1.165, 1.54) is 38.3 Å². The second kappa shape index (κ2) is 8.76. The van der Waals surface area contributed by atoms with Crippen molar-refractivity contribution in [3.8, 4) is 0 Å². The molecule has 0 heterocycles. The average molecular weight is 343 g/mol. The Bertz CT molecular complexity index is 638. The smallest absolute Gasteiger partial charge is 0.321 e. The number of Topliss-reactive ketones (excluding diaryl/α,β-unsaturated/α-hetero) is 1. The largest absolute Gasteiger partial charge is 0.465 e. The first kappa shape index (κ1) is 19.3. The fraction of sp³-hybridized carbons (Fsp3) is 0.467. The molecule has 0 radical (unpaired) electrons. The Morgan fingerprint density at radius 1 is 1.17 bits per heavy atom. The third-order valence-electron chi connectivity index (χ3n) is 3.05. The van der Waals surface area contributed by atoms with Gasteiger partial charge in [-0.15, -0.1) is 0 Å². The molecule has 1 aromatic carbocycles. The molecule has 0 saturated heterocycles. The van der Waals surface area contributed by atoms with Crippen LogP contribution in [0.25, 0.3) is 0 Å². The van der Waals surface area contributed by atoms with Crippen LogP contribution >= 0.6 is 0 Å². The first-order valence-corrected chi connectivity index (χ1v) is 8.52. The number of ketones is 1. The van der Waals surface area contributed by atoms with Crippen molar-refractivity contribution in [3.63, 3.8) is 0 Å². The topological polar surface area (TPSA) is 90.0 Å². The summed E-state index contributed by atoms with van der Waals surface area (Å²) in [4.78, 5) is 22.9. The fourth-order valence-corrected chi connectivity index (χ4v) is 3.21. The van der Waals surface area contributed by atoms with Gasteiger partial charge >= 0.3 is 5.97 Å². The summed E-state index contributed by atoms with van der Waals surface area (Å²) in [5, 5.41) is 0. The van der Waals surface area contributed by atoms with Gasteiger partial charge in [-0.05, 0) is 26.0 Å². The van der Waals surface area contributed by atoms with Crippen LogP contribution in [-0.2, 0) is 24.3 Å². The highest BCUT2D eigenvalue weighted by atomic mass is 32.2. The standard InChI is InChI=1S/C15H21NO6S/c1-4-22-15(18)11-16(9-10-21-3)23(19,20)14-7-5-13(6-8-14)12(2)17/h5-8H,4,9-11H2,1-3H3. The number of carbonyl (C=O) groups is 2. The molecular formula is C15H21NO6S. The van der Waals surface area contributed by atoms with Gasteiger partial charge in [0.2, 0.25) is 10.0 Å². The average Bonchev–Trinajstić information content (AvgIpc) is 2.51. The fourth-order valence-electron chi connectivity index (χ4n) is 1.84. The van der Waals surface area contributed by atoms with E-state index in [4.69, 9.17) is 9.47 Å². The van der Waals surface area contributed by atoms with Crippen LogP contribution in [0.2, 0.25) is 0 Å². The molecule has 0 saturated carbocycles. The molecule has 0 bridgehead atoms. The van der Waals surface area contributed by atoms with Gasteiger partial charge in [-0.2, -0.15) is 4.31 Å². The van der Waals surface area contributed by atoms with Gasteiger partial charge in [0, 0.05) is 19.2 Å². The first-order chi connectivity index (χ1) is 10.8. The molecule has 0 spiro atoms. The quantitative estimate of drug-likeness (QED) is 0.492. The van der Waals surface area contributed by atoms with Crippen LogP contribution in [-0.4, -0.2) is 57.9 Å². The molecule has 8 heteroatoms. The lowest BCUT2D eigenvalue weighted by molar-refractivity contribution is -0.143. The van der Waals surface area contributed by atoms with E-state index >= 15 is 0 Å². The lowest BCUT2D eigenvalue weighted by atomic mass is 10.2. The molecule has 1 rings (SSSR count). The van der Waals surface area contributed by atoms with E-state index in [2.05, 4.69) is 0 Å². The number of benzene rings is 1. The maximum absolute atomic E-state index is 12.6. The Hall–Kier alpha value is -1.77. The molecule has 0 amide bonds. The number of esters is 1. The predicted octanol–water partition coefficient (Wildman–Crippen LogP) is 1.09. The number of ether oxygens (including phenoxy) is 2. The number of hydrogen-bond donors (Lipinski definition) is 0. The lowest BCUT2D eigenvalue weighted by Crippen LogP contribution is -2.38. The third kappa shape index (κ3) is 5.42. The van der Waals surface area contributed by atoms with Gasteiger partial charge in [0.1, 0.15) is 6.54 Å². The molecule has 0 fully saturated rings. The van der Waals surface area contributed by atoms with E-state index in [0.717, 1.165) is 4.31 Å². The van der Waals surface area contributed by atoms with Crippen molar-refractivity contribution in [1.29, 1.82) is 0 Å². The summed E-state index contributed by atoms with van der Waals surface area (Å²) in [7, 11) is -2.45. The monoisotopic (exact) mass is 343 g/mol. The maximum atomic E-state index is 12.6. The number of nitrogens with zero attached hydrogens (tertiary/aromatic N) is 1. The van der Waals surface area contributed by atoms with E-state index in [0.29, 0.717) is 5.56 Å². The van der Waals surface area contributed by atoms with Crippen molar-refractivity contribution < 1.29 is 27.5 Å². The summed E-state index contributed by atoms with van der Waals surface area (Å²) in [6.45, 7) is 2.98. The maximum Gasteiger partial charge on any atom is 0.321 e. The Morgan fingerprint density at radius 2 is 1.78 bits per heavy atom. The molecule has 0 aliphatic heterocycles. The lowest BCUT2D eigenvalue weighted by Gasteiger charge is -2.21. The highest BCUT2D eigenvalue weighted by molar-refractivity contribution is 7.89. The van der Waals surface area contributed by atoms with Crippen LogP contribution in [0.3, 0.4) is 0 Å².